The molecule has 1 aliphatic heterocycles. The highest BCUT2D eigenvalue weighted by atomic mass is 32.2. The molecule has 108 valence electrons. The summed E-state index contributed by atoms with van der Waals surface area (Å²) in [6.45, 7) is 6.31. The predicted octanol–water partition coefficient (Wildman–Crippen LogP) is 1.78. The lowest BCUT2D eigenvalue weighted by Gasteiger charge is -2.16. The van der Waals surface area contributed by atoms with E-state index >= 15 is 0 Å². The van der Waals surface area contributed by atoms with Crippen molar-refractivity contribution in [2.24, 2.45) is 5.92 Å². The maximum absolute atomic E-state index is 11.4. The Morgan fingerprint density at radius 2 is 2.21 bits per heavy atom. The van der Waals surface area contributed by atoms with Crippen molar-refractivity contribution >= 4 is 21.2 Å². The molecule has 0 radical (unpaired) electrons. The van der Waals surface area contributed by atoms with Crippen LogP contribution in [-0.2, 0) is 21.7 Å². The molecule has 0 amide bonds. The van der Waals surface area contributed by atoms with E-state index < -0.39 is 15.9 Å². The van der Waals surface area contributed by atoms with Crippen LogP contribution in [0.15, 0.2) is 5.38 Å². The number of hydrogen-bond donors (Lipinski definition) is 1. The monoisotopic (exact) mass is 303 g/mol. The number of aliphatic hydroxyl groups is 1. The predicted molar refractivity (Wildman–Crippen MR) is 77.3 cm³/mol. The highest BCUT2D eigenvalue weighted by molar-refractivity contribution is 7.91. The molecule has 2 atom stereocenters. The van der Waals surface area contributed by atoms with Gasteiger partial charge < -0.3 is 5.11 Å². The van der Waals surface area contributed by atoms with Crippen LogP contribution in [0.3, 0.4) is 0 Å². The molecular weight excluding hydrogens is 282 g/mol. The molecular formula is C13H21NO3S2. The number of sulfone groups is 1. The van der Waals surface area contributed by atoms with Crippen molar-refractivity contribution in [1.29, 1.82) is 0 Å². The lowest BCUT2D eigenvalue weighted by molar-refractivity contribution is 0.120. The normalized spacial score (nSPS) is 24.5. The molecule has 4 nitrogen and oxygen atoms in total. The Bertz CT molecular complexity index is 542. The zero-order chi connectivity index (χ0) is 14.3. The number of rotatable bonds is 3. The highest BCUT2D eigenvalue weighted by Crippen LogP contribution is 2.27. The molecule has 1 aromatic heterocycles. The zero-order valence-electron chi connectivity index (χ0n) is 11.6. The third kappa shape index (κ3) is 3.77. The van der Waals surface area contributed by atoms with Crippen LogP contribution in [0.4, 0.5) is 0 Å². The van der Waals surface area contributed by atoms with E-state index in [4.69, 9.17) is 0 Å². The Hall–Kier alpha value is -0.460. The minimum absolute atomic E-state index is 0.0103. The smallest absolute Gasteiger partial charge is 0.150 e. The van der Waals surface area contributed by atoms with Gasteiger partial charge in [-0.3, -0.25) is 0 Å². The van der Waals surface area contributed by atoms with Crippen LogP contribution in [0.2, 0.25) is 0 Å². The molecule has 1 N–H and O–H groups in total. The van der Waals surface area contributed by atoms with Gasteiger partial charge in [0.05, 0.1) is 28.3 Å². The van der Waals surface area contributed by atoms with E-state index in [0.717, 1.165) is 10.7 Å². The summed E-state index contributed by atoms with van der Waals surface area (Å²) in [5, 5.41) is 13.1. The molecule has 0 spiro atoms. The van der Waals surface area contributed by atoms with E-state index in [1.807, 2.05) is 5.38 Å². The second-order valence-electron chi connectivity index (χ2n) is 6.31. The van der Waals surface area contributed by atoms with Gasteiger partial charge in [0.25, 0.3) is 0 Å². The van der Waals surface area contributed by atoms with Crippen LogP contribution >= 0.6 is 11.3 Å². The number of nitrogens with zero attached hydrogens (tertiary/aromatic N) is 1. The fraction of sp³-hybridized carbons (Fsp3) is 0.769. The molecule has 2 heterocycles. The topological polar surface area (TPSA) is 67.3 Å². The van der Waals surface area contributed by atoms with Gasteiger partial charge in [0.1, 0.15) is 0 Å². The summed E-state index contributed by atoms with van der Waals surface area (Å²) in [5.41, 5.74) is 1.04. The summed E-state index contributed by atoms with van der Waals surface area (Å²) < 4.78 is 22.8. The molecule has 0 saturated carbocycles. The first-order valence-electron chi connectivity index (χ1n) is 6.51. The third-order valence-corrected chi connectivity index (χ3v) is 6.18. The fourth-order valence-electron chi connectivity index (χ4n) is 2.22. The maximum Gasteiger partial charge on any atom is 0.150 e. The van der Waals surface area contributed by atoms with Crippen molar-refractivity contribution < 1.29 is 13.5 Å². The zero-order valence-corrected chi connectivity index (χ0v) is 13.2. The lowest BCUT2D eigenvalue weighted by atomic mass is 9.93. The van der Waals surface area contributed by atoms with E-state index in [1.54, 1.807) is 11.3 Å². The largest absolute Gasteiger partial charge is 0.392 e. The van der Waals surface area contributed by atoms with Gasteiger partial charge >= 0.3 is 0 Å². The third-order valence-electron chi connectivity index (χ3n) is 3.52. The van der Waals surface area contributed by atoms with Crippen molar-refractivity contribution in [2.45, 2.75) is 45.1 Å². The van der Waals surface area contributed by atoms with E-state index in [9.17, 15) is 13.5 Å². The molecule has 1 fully saturated rings. The highest BCUT2D eigenvalue weighted by Gasteiger charge is 2.33. The van der Waals surface area contributed by atoms with Crippen LogP contribution in [0.1, 0.15) is 37.9 Å². The number of hydrogen-bond acceptors (Lipinski definition) is 5. The van der Waals surface area contributed by atoms with Crippen molar-refractivity contribution in [2.75, 3.05) is 11.5 Å². The van der Waals surface area contributed by atoms with Crippen molar-refractivity contribution in [3.05, 3.63) is 16.1 Å². The number of thiazole rings is 1. The quantitative estimate of drug-likeness (QED) is 0.924. The second-order valence-corrected chi connectivity index (χ2v) is 9.48. The van der Waals surface area contributed by atoms with Crippen LogP contribution < -0.4 is 0 Å². The van der Waals surface area contributed by atoms with Crippen LogP contribution in [0.5, 0.6) is 0 Å². The molecule has 6 heteroatoms. The Labute approximate surface area is 118 Å². The molecule has 2 rings (SSSR count). The minimum Gasteiger partial charge on any atom is -0.392 e. The molecule has 2 unspecified atom stereocenters. The summed E-state index contributed by atoms with van der Waals surface area (Å²) in [6.07, 6.45) is 0.429. The van der Waals surface area contributed by atoms with Gasteiger partial charge in [-0.15, -0.1) is 11.3 Å². The molecule has 1 aliphatic rings. The van der Waals surface area contributed by atoms with Crippen LogP contribution in [0.25, 0.3) is 0 Å². The summed E-state index contributed by atoms with van der Waals surface area (Å²) >= 11 is 1.54. The number of aliphatic hydroxyl groups excluding tert-OH is 1. The molecule has 1 aromatic rings. The minimum atomic E-state index is -2.93. The van der Waals surface area contributed by atoms with E-state index in [2.05, 4.69) is 25.8 Å². The summed E-state index contributed by atoms with van der Waals surface area (Å²) in [4.78, 5) is 4.54. The first-order chi connectivity index (χ1) is 8.67. The van der Waals surface area contributed by atoms with Gasteiger partial charge in [-0.1, -0.05) is 20.8 Å². The van der Waals surface area contributed by atoms with E-state index in [0.29, 0.717) is 12.8 Å². The standard InChI is InChI=1S/C13H21NO3S2/c1-13(2,3)11-7-18-12(14-11)6-10(15)9-4-5-19(16,17)8-9/h7,9-10,15H,4-6,8H2,1-3H3. The summed E-state index contributed by atoms with van der Waals surface area (Å²) in [5.74, 6) is 0.192. The van der Waals surface area contributed by atoms with Crippen molar-refractivity contribution in [3.8, 4) is 0 Å². The maximum atomic E-state index is 11.4. The molecule has 0 bridgehead atoms. The van der Waals surface area contributed by atoms with Crippen LogP contribution in [0, 0.1) is 5.92 Å². The fourth-order valence-corrected chi connectivity index (χ4v) is 5.16. The second kappa shape index (κ2) is 5.14. The lowest BCUT2D eigenvalue weighted by Crippen LogP contribution is -2.24. The van der Waals surface area contributed by atoms with Crippen LogP contribution in [-0.4, -0.2) is 36.1 Å². The SMILES string of the molecule is CC(C)(C)c1csc(CC(O)C2CCS(=O)(=O)C2)n1. The van der Waals surface area contributed by atoms with Gasteiger partial charge in [0, 0.05) is 23.1 Å². The van der Waals surface area contributed by atoms with Gasteiger partial charge in [-0.25, -0.2) is 13.4 Å². The van der Waals surface area contributed by atoms with E-state index in [1.165, 1.54) is 0 Å². The van der Waals surface area contributed by atoms with Gasteiger partial charge in [-0.2, -0.15) is 0 Å². The first-order valence-corrected chi connectivity index (χ1v) is 9.21. The molecule has 1 saturated heterocycles. The van der Waals surface area contributed by atoms with E-state index in [-0.39, 0.29) is 22.8 Å². The summed E-state index contributed by atoms with van der Waals surface area (Å²) in [6, 6.07) is 0. The first kappa shape index (κ1) is 14.9. The molecule has 0 aromatic carbocycles. The van der Waals surface area contributed by atoms with Gasteiger partial charge in [0.2, 0.25) is 0 Å². The van der Waals surface area contributed by atoms with Gasteiger partial charge in [0.15, 0.2) is 9.84 Å². The van der Waals surface area contributed by atoms with Crippen molar-refractivity contribution in [3.63, 3.8) is 0 Å². The Kier molecular flexibility index (Phi) is 4.05. The average molecular weight is 303 g/mol. The number of aromatic nitrogens is 1. The average Bonchev–Trinajstić information content (AvgIpc) is 2.83. The van der Waals surface area contributed by atoms with Gasteiger partial charge in [-0.05, 0) is 6.42 Å². The summed E-state index contributed by atoms with van der Waals surface area (Å²) in [7, 11) is -2.93. The van der Waals surface area contributed by atoms with Crippen molar-refractivity contribution in [1.82, 2.24) is 4.98 Å². The molecule has 0 aliphatic carbocycles. The Morgan fingerprint density at radius 3 is 2.68 bits per heavy atom. The Morgan fingerprint density at radius 1 is 1.53 bits per heavy atom. The Balaban J connectivity index is 2.00. The molecule has 19 heavy (non-hydrogen) atoms.